The number of likely N-dealkylation sites (tertiary alicyclic amines) is 1. The number of benzene rings is 2. The molecule has 0 spiro atoms. The Hall–Kier alpha value is -5.35. The van der Waals surface area contributed by atoms with Crippen molar-refractivity contribution in [1.29, 1.82) is 0 Å². The van der Waals surface area contributed by atoms with E-state index in [-0.39, 0.29) is 55.9 Å². The van der Waals surface area contributed by atoms with Crippen molar-refractivity contribution in [2.45, 2.75) is 111 Å². The topological polar surface area (TPSA) is 179 Å². The van der Waals surface area contributed by atoms with Crippen LogP contribution in [0.5, 0.6) is 5.75 Å². The number of esters is 1. The second-order valence-corrected chi connectivity index (χ2v) is 19.3. The van der Waals surface area contributed by atoms with Gasteiger partial charge in [-0.2, -0.15) is 5.43 Å². The highest BCUT2D eigenvalue weighted by Gasteiger charge is 2.46. The van der Waals surface area contributed by atoms with E-state index in [1.165, 1.54) is 9.91 Å². The van der Waals surface area contributed by atoms with Gasteiger partial charge in [-0.15, -0.1) is 0 Å². The number of amides is 3. The average molecular weight is 894 g/mol. The Bertz CT molecular complexity index is 2410. The van der Waals surface area contributed by atoms with E-state index in [1.807, 2.05) is 52.1 Å². The Balaban J connectivity index is 1.32. The van der Waals surface area contributed by atoms with Gasteiger partial charge in [0.05, 0.1) is 24.8 Å². The molecule has 0 saturated carbocycles. The summed E-state index contributed by atoms with van der Waals surface area (Å²) in [6, 6.07) is 11.2. The van der Waals surface area contributed by atoms with Crippen LogP contribution < -0.4 is 10.7 Å². The molecule has 3 aliphatic rings. The van der Waals surface area contributed by atoms with Crippen LogP contribution in [0.3, 0.4) is 0 Å². The summed E-state index contributed by atoms with van der Waals surface area (Å²) in [6.45, 7) is 15.4. The van der Waals surface area contributed by atoms with E-state index in [0.717, 1.165) is 58.4 Å². The second kappa shape index (κ2) is 19.6. The maximum absolute atomic E-state index is 14.7. The zero-order valence-corrected chi connectivity index (χ0v) is 39.3. The minimum absolute atomic E-state index is 0.0115. The molecule has 2 aromatic carbocycles. The van der Waals surface area contributed by atoms with E-state index in [0.29, 0.717) is 43.7 Å². The molecule has 2 saturated heterocycles. The molecule has 0 radical (unpaired) electrons. The van der Waals surface area contributed by atoms with Gasteiger partial charge in [0.2, 0.25) is 17.5 Å². The molecule has 350 valence electrons. The van der Waals surface area contributed by atoms with E-state index >= 15 is 0 Å². The molecule has 6 bridgehead atoms. The van der Waals surface area contributed by atoms with Gasteiger partial charge < -0.3 is 39.4 Å². The monoisotopic (exact) mass is 894 g/mol. The summed E-state index contributed by atoms with van der Waals surface area (Å²) in [4.78, 5) is 65.5. The highest BCUT2D eigenvalue weighted by atomic mass is 16.6. The van der Waals surface area contributed by atoms with Gasteiger partial charge in [-0.25, -0.2) is 4.79 Å². The lowest BCUT2D eigenvalue weighted by Crippen LogP contribution is -2.67. The number of aromatic nitrogens is 2. The number of carbonyl (C=O) groups is 4. The van der Waals surface area contributed by atoms with E-state index in [4.69, 9.17) is 9.47 Å². The Kier molecular flexibility index (Phi) is 14.4. The molecule has 15 heteroatoms. The standard InChI is InChI=1S/C50H67N7O8/c1-9-18-55-20-15-34(28-55)46(60)54(7)43(31(3)4)45(59)52-41-23-32-21-36(24-37(58)22-32)33-12-13-42-38(25-33)39(44(56(42)10-2)40-27-51-17-14-35(40)29-64-8)26-49(5,6)30-65-48(62)50(63)16-11-19-57(53-50)47(41)61/h12-14,17,21-22,24-25,27,31,34,41,43,53,58,63H,9-11,15-16,18-20,23,26,28-30H2,1-8H3,(H,52,59)/t34-,41-,43-,50-/m0/s1. The summed E-state index contributed by atoms with van der Waals surface area (Å²) in [7, 11) is 3.31. The number of aliphatic hydroxyl groups is 1. The van der Waals surface area contributed by atoms with Crippen LogP contribution in [-0.2, 0) is 54.6 Å². The molecule has 15 nitrogen and oxygen atoms in total. The Morgan fingerprint density at radius 3 is 2.60 bits per heavy atom. The maximum Gasteiger partial charge on any atom is 0.355 e. The Morgan fingerprint density at radius 1 is 1.09 bits per heavy atom. The Morgan fingerprint density at radius 2 is 1.88 bits per heavy atom. The lowest BCUT2D eigenvalue weighted by Gasteiger charge is -2.40. The van der Waals surface area contributed by atoms with Crippen LogP contribution in [0, 0.1) is 17.3 Å². The van der Waals surface area contributed by atoms with Crippen molar-refractivity contribution >= 4 is 34.6 Å². The van der Waals surface area contributed by atoms with Crippen molar-refractivity contribution in [3.63, 3.8) is 0 Å². The second-order valence-electron chi connectivity index (χ2n) is 19.3. The number of methoxy groups -OCH3 is 1. The number of aryl methyl sites for hydroxylation is 1. The largest absolute Gasteiger partial charge is 0.508 e. The number of phenolic OH excluding ortho intramolecular Hbond substituents is 1. The summed E-state index contributed by atoms with van der Waals surface area (Å²) in [5, 5.41) is 28.3. The van der Waals surface area contributed by atoms with Crippen molar-refractivity contribution in [3.8, 4) is 28.1 Å². The highest BCUT2D eigenvalue weighted by molar-refractivity contribution is 5.96. The number of likely N-dealkylation sites (N-methyl/N-ethyl adjacent to an activating group) is 1. The fourth-order valence-electron chi connectivity index (χ4n) is 10.1. The number of hydrazine groups is 1. The molecule has 0 aliphatic carbocycles. The number of hydrogen-bond donors (Lipinski definition) is 4. The number of nitrogens with zero attached hydrogens (tertiary/aromatic N) is 5. The first kappa shape index (κ1) is 47.6. The van der Waals surface area contributed by atoms with Crippen LogP contribution >= 0.6 is 0 Å². The number of cyclic esters (lactones) is 1. The molecule has 0 unspecified atom stereocenters. The first-order chi connectivity index (χ1) is 31.0. The molecular weight excluding hydrogens is 827 g/mol. The molecule has 4 atom stereocenters. The molecule has 3 amide bonds. The van der Waals surface area contributed by atoms with E-state index < -0.39 is 41.0 Å². The zero-order valence-electron chi connectivity index (χ0n) is 39.3. The van der Waals surface area contributed by atoms with Gasteiger partial charge >= 0.3 is 5.97 Å². The number of aromatic hydroxyl groups is 1. The quantitative estimate of drug-likeness (QED) is 0.141. The first-order valence-corrected chi connectivity index (χ1v) is 23.2. The van der Waals surface area contributed by atoms with E-state index in [1.54, 1.807) is 32.5 Å². The van der Waals surface area contributed by atoms with Crippen molar-refractivity contribution in [1.82, 2.24) is 35.1 Å². The van der Waals surface area contributed by atoms with Gasteiger partial charge in [-0.3, -0.25) is 24.4 Å². The van der Waals surface area contributed by atoms with Gasteiger partial charge in [0, 0.05) is 80.9 Å². The van der Waals surface area contributed by atoms with Crippen LogP contribution in [-0.4, -0.2) is 123 Å². The SMILES string of the molecule is CCCN1CC[C@H](C(=O)N(C)[C@H](C(=O)N[C@H]2Cc3cc(O)cc(c3)-c3ccc4c(c3)c(c(-c3cnccc3COC)n4CC)CC(C)(C)COC(=O)[C@@]3(O)CCCN(N3)C2=O)C(C)C)C1. The molecule has 65 heavy (non-hydrogen) atoms. The molecule has 2 fully saturated rings. The number of fused-ring (bicyclic) bond motifs is 6. The minimum atomic E-state index is -2.23. The fraction of sp³-hybridized carbons (Fsp3) is 0.540. The van der Waals surface area contributed by atoms with Crippen molar-refractivity contribution in [2.24, 2.45) is 17.3 Å². The van der Waals surface area contributed by atoms with Crippen LogP contribution in [0.15, 0.2) is 54.9 Å². The third kappa shape index (κ3) is 10.1. The third-order valence-electron chi connectivity index (χ3n) is 13.2. The number of carbonyl (C=O) groups excluding carboxylic acids is 4. The number of rotatable bonds is 11. The average Bonchev–Trinajstić information content (AvgIpc) is 3.86. The number of ether oxygens (including phenoxy) is 2. The highest BCUT2D eigenvalue weighted by Crippen LogP contribution is 2.41. The summed E-state index contributed by atoms with van der Waals surface area (Å²) in [5.41, 5.74) is 6.85. The van der Waals surface area contributed by atoms with E-state index in [9.17, 15) is 29.4 Å². The fourth-order valence-corrected chi connectivity index (χ4v) is 10.1. The van der Waals surface area contributed by atoms with Gasteiger partial charge in [-0.1, -0.05) is 46.8 Å². The molecular formula is C50H67N7O8. The van der Waals surface area contributed by atoms with Crippen molar-refractivity contribution in [3.05, 3.63) is 71.5 Å². The minimum Gasteiger partial charge on any atom is -0.508 e. The number of phenols is 1. The van der Waals surface area contributed by atoms with Gasteiger partial charge in [0.25, 0.3) is 5.91 Å². The van der Waals surface area contributed by atoms with E-state index in [2.05, 4.69) is 51.2 Å². The van der Waals surface area contributed by atoms with Gasteiger partial charge in [-0.05, 0) is 110 Å². The van der Waals surface area contributed by atoms with Crippen LogP contribution in [0.1, 0.15) is 83.9 Å². The van der Waals surface area contributed by atoms with Crippen LogP contribution in [0.25, 0.3) is 33.3 Å². The smallest absolute Gasteiger partial charge is 0.355 e. The summed E-state index contributed by atoms with van der Waals surface area (Å²) in [5.74, 6) is -2.71. The van der Waals surface area contributed by atoms with Crippen molar-refractivity contribution < 1.29 is 38.9 Å². The van der Waals surface area contributed by atoms with Gasteiger partial charge in [0.1, 0.15) is 17.8 Å². The van der Waals surface area contributed by atoms with Crippen LogP contribution in [0.2, 0.25) is 0 Å². The zero-order chi connectivity index (χ0) is 46.8. The van der Waals surface area contributed by atoms with Gasteiger partial charge in [0.15, 0.2) is 0 Å². The Labute approximate surface area is 382 Å². The lowest BCUT2D eigenvalue weighted by atomic mass is 9.84. The predicted octanol–water partition coefficient (Wildman–Crippen LogP) is 5.43. The molecule has 5 heterocycles. The third-order valence-corrected chi connectivity index (χ3v) is 13.2. The molecule has 3 aliphatic heterocycles. The lowest BCUT2D eigenvalue weighted by molar-refractivity contribution is -0.189. The summed E-state index contributed by atoms with van der Waals surface area (Å²) in [6.07, 6.45) is 5.98. The molecule has 2 aromatic heterocycles. The molecule has 7 rings (SSSR count). The van der Waals surface area contributed by atoms with Crippen LogP contribution in [0.4, 0.5) is 0 Å². The van der Waals surface area contributed by atoms with Crippen molar-refractivity contribution in [2.75, 3.05) is 46.9 Å². The number of nitrogens with one attached hydrogen (secondary N) is 2. The first-order valence-electron chi connectivity index (χ1n) is 23.2. The molecule has 4 aromatic rings. The summed E-state index contributed by atoms with van der Waals surface area (Å²) >= 11 is 0. The predicted molar refractivity (Wildman–Crippen MR) is 248 cm³/mol. The summed E-state index contributed by atoms with van der Waals surface area (Å²) < 4.78 is 13.8. The number of pyridine rings is 1. The maximum atomic E-state index is 14.7. The molecule has 4 N–H and O–H groups in total. The normalized spacial score (nSPS) is 22.2. The number of hydrogen-bond acceptors (Lipinski definition) is 11.